The van der Waals surface area contributed by atoms with Gasteiger partial charge in [-0.25, -0.2) is 4.79 Å². The highest BCUT2D eigenvalue weighted by atomic mass is 16.5. The molecule has 6 nitrogen and oxygen atoms in total. The van der Waals surface area contributed by atoms with Crippen LogP contribution in [-0.4, -0.2) is 54.5 Å². The number of benzene rings is 1. The van der Waals surface area contributed by atoms with Gasteiger partial charge < -0.3 is 19.9 Å². The number of carbonyl (C=O) groups excluding carboxylic acids is 2. The fraction of sp³-hybridized carbons (Fsp3) is 0.579. The number of ether oxygens (including phenoxy) is 1. The summed E-state index contributed by atoms with van der Waals surface area (Å²) in [5, 5.41) is 3.18. The van der Waals surface area contributed by atoms with Crippen molar-refractivity contribution >= 4 is 11.9 Å². The van der Waals surface area contributed by atoms with Crippen LogP contribution >= 0.6 is 0 Å². The molecule has 0 aliphatic carbocycles. The van der Waals surface area contributed by atoms with E-state index in [1.165, 1.54) is 0 Å². The van der Waals surface area contributed by atoms with Crippen LogP contribution in [0.2, 0.25) is 0 Å². The average molecular weight is 345 g/mol. The fourth-order valence-corrected chi connectivity index (χ4v) is 3.63. The van der Waals surface area contributed by atoms with Crippen molar-refractivity contribution in [2.24, 2.45) is 0 Å². The van der Waals surface area contributed by atoms with E-state index in [9.17, 15) is 9.59 Å². The Balaban J connectivity index is 1.59. The predicted molar refractivity (Wildman–Crippen MR) is 95.5 cm³/mol. The molecule has 0 bridgehead atoms. The quantitative estimate of drug-likeness (QED) is 0.896. The lowest BCUT2D eigenvalue weighted by Gasteiger charge is -2.37. The van der Waals surface area contributed by atoms with Crippen molar-refractivity contribution in [1.82, 2.24) is 15.1 Å². The summed E-state index contributed by atoms with van der Waals surface area (Å²) >= 11 is 0. The summed E-state index contributed by atoms with van der Waals surface area (Å²) < 4.78 is 5.77. The molecule has 25 heavy (non-hydrogen) atoms. The summed E-state index contributed by atoms with van der Waals surface area (Å²) in [5.74, 6) is 0.949. The number of rotatable bonds is 2. The van der Waals surface area contributed by atoms with Crippen LogP contribution in [0.4, 0.5) is 4.79 Å². The van der Waals surface area contributed by atoms with Crippen LogP contribution in [0.5, 0.6) is 5.75 Å². The second-order valence-electron chi connectivity index (χ2n) is 6.88. The monoisotopic (exact) mass is 345 g/mol. The highest BCUT2D eigenvalue weighted by molar-refractivity contribution is 5.75. The van der Waals surface area contributed by atoms with Gasteiger partial charge in [-0.2, -0.15) is 0 Å². The molecule has 2 heterocycles. The first kappa shape index (κ1) is 17.6. The van der Waals surface area contributed by atoms with Crippen LogP contribution < -0.4 is 10.1 Å². The minimum absolute atomic E-state index is 0.0104. The molecule has 1 unspecified atom stereocenters. The van der Waals surface area contributed by atoms with Gasteiger partial charge in [0.05, 0.1) is 12.6 Å². The van der Waals surface area contributed by atoms with Crippen molar-refractivity contribution < 1.29 is 14.3 Å². The average Bonchev–Trinajstić information content (AvgIpc) is 2.83. The van der Waals surface area contributed by atoms with E-state index in [2.05, 4.69) is 5.32 Å². The lowest BCUT2D eigenvalue weighted by atomic mass is 10.0. The Bertz CT molecular complexity index is 626. The molecule has 1 aromatic carbocycles. The summed E-state index contributed by atoms with van der Waals surface area (Å²) in [7, 11) is 1.84. The van der Waals surface area contributed by atoms with Gasteiger partial charge in [0.2, 0.25) is 5.91 Å². The second-order valence-corrected chi connectivity index (χ2v) is 6.88. The molecular weight excluding hydrogens is 318 g/mol. The third-order valence-electron chi connectivity index (χ3n) is 5.28. The maximum absolute atomic E-state index is 12.7. The fourth-order valence-electron chi connectivity index (χ4n) is 3.63. The molecule has 1 aromatic rings. The van der Waals surface area contributed by atoms with Gasteiger partial charge in [0.1, 0.15) is 5.75 Å². The molecule has 2 aliphatic rings. The lowest BCUT2D eigenvalue weighted by molar-refractivity contribution is -0.130. The Hall–Kier alpha value is -2.24. The Morgan fingerprint density at radius 3 is 2.64 bits per heavy atom. The number of fused-ring (bicyclic) bond motifs is 1. The summed E-state index contributed by atoms with van der Waals surface area (Å²) in [6.07, 6.45) is 3.46. The zero-order valence-electron chi connectivity index (χ0n) is 15.0. The molecule has 136 valence electrons. The molecule has 0 radical (unpaired) electrons. The number of nitrogens with zero attached hydrogens (tertiary/aromatic N) is 2. The normalized spacial score (nSPS) is 20.9. The van der Waals surface area contributed by atoms with Crippen LogP contribution in [-0.2, 0) is 4.79 Å². The SMILES string of the molecule is CC(=O)N(C)C1CCN(C(=O)NC2CCCOc3ccccc32)CC1. The third kappa shape index (κ3) is 4.06. The van der Waals surface area contributed by atoms with Gasteiger partial charge in [-0.3, -0.25) is 4.79 Å². The number of hydrogen-bond acceptors (Lipinski definition) is 3. The van der Waals surface area contributed by atoms with Crippen molar-refractivity contribution in [3.05, 3.63) is 29.8 Å². The minimum atomic E-state index is -0.0226. The van der Waals surface area contributed by atoms with Crippen molar-refractivity contribution in [1.29, 1.82) is 0 Å². The number of amides is 3. The zero-order chi connectivity index (χ0) is 17.8. The number of likely N-dealkylation sites (tertiary alicyclic amines) is 1. The van der Waals surface area contributed by atoms with E-state index in [0.29, 0.717) is 19.7 Å². The van der Waals surface area contributed by atoms with E-state index in [1.807, 2.05) is 36.2 Å². The molecular formula is C19H27N3O3. The predicted octanol–water partition coefficient (Wildman–Crippen LogP) is 2.55. The summed E-state index contributed by atoms with van der Waals surface area (Å²) in [6.45, 7) is 3.63. The minimum Gasteiger partial charge on any atom is -0.493 e. The first-order valence-corrected chi connectivity index (χ1v) is 9.07. The Morgan fingerprint density at radius 1 is 1.20 bits per heavy atom. The number of carbonyl (C=O) groups is 2. The van der Waals surface area contributed by atoms with Crippen LogP contribution in [0.1, 0.15) is 44.2 Å². The summed E-state index contributed by atoms with van der Waals surface area (Å²) in [5.41, 5.74) is 1.06. The van der Waals surface area contributed by atoms with E-state index in [4.69, 9.17) is 4.74 Å². The molecule has 0 aromatic heterocycles. The Labute approximate surface area is 149 Å². The molecule has 3 rings (SSSR count). The number of nitrogens with one attached hydrogen (secondary N) is 1. The molecule has 1 saturated heterocycles. The van der Waals surface area contributed by atoms with E-state index >= 15 is 0 Å². The van der Waals surface area contributed by atoms with E-state index < -0.39 is 0 Å². The van der Waals surface area contributed by atoms with Gasteiger partial charge in [-0.15, -0.1) is 0 Å². The smallest absolute Gasteiger partial charge is 0.317 e. The molecule has 1 N–H and O–H groups in total. The summed E-state index contributed by atoms with van der Waals surface area (Å²) in [4.78, 5) is 27.8. The topological polar surface area (TPSA) is 61.9 Å². The lowest BCUT2D eigenvalue weighted by Crippen LogP contribution is -2.50. The van der Waals surface area contributed by atoms with Gasteiger partial charge in [-0.1, -0.05) is 18.2 Å². The molecule has 0 saturated carbocycles. The molecule has 2 aliphatic heterocycles. The maximum atomic E-state index is 12.7. The number of hydrogen-bond donors (Lipinski definition) is 1. The first-order valence-electron chi connectivity index (χ1n) is 9.07. The zero-order valence-corrected chi connectivity index (χ0v) is 15.0. The Kier molecular flexibility index (Phi) is 5.46. The highest BCUT2D eigenvalue weighted by Crippen LogP contribution is 2.31. The third-order valence-corrected chi connectivity index (χ3v) is 5.28. The van der Waals surface area contributed by atoms with Crippen LogP contribution in [0, 0.1) is 0 Å². The van der Waals surface area contributed by atoms with Gasteiger partial charge in [0, 0.05) is 38.7 Å². The second kappa shape index (κ2) is 7.76. The number of urea groups is 1. The largest absolute Gasteiger partial charge is 0.493 e. The number of para-hydroxylation sites is 1. The van der Waals surface area contributed by atoms with Crippen molar-refractivity contribution in [3.63, 3.8) is 0 Å². The molecule has 6 heteroatoms. The molecule has 1 atom stereocenters. The standard InChI is InChI=1S/C19H27N3O3/c1-14(23)21(2)15-9-11-22(12-10-15)19(24)20-17-7-5-13-25-18-8-4-3-6-16(17)18/h3-4,6,8,15,17H,5,7,9-13H2,1-2H3,(H,20,24). The molecule has 1 fully saturated rings. The van der Waals surface area contributed by atoms with Gasteiger partial charge in [0.15, 0.2) is 0 Å². The molecule has 0 spiro atoms. The Morgan fingerprint density at radius 2 is 1.92 bits per heavy atom. The van der Waals surface area contributed by atoms with Crippen molar-refractivity contribution in [3.8, 4) is 5.75 Å². The van der Waals surface area contributed by atoms with Crippen LogP contribution in [0.3, 0.4) is 0 Å². The van der Waals surface area contributed by atoms with E-state index in [0.717, 1.165) is 37.0 Å². The van der Waals surface area contributed by atoms with E-state index in [1.54, 1.807) is 11.8 Å². The molecule has 3 amide bonds. The highest BCUT2D eigenvalue weighted by Gasteiger charge is 2.28. The van der Waals surface area contributed by atoms with Gasteiger partial charge in [0.25, 0.3) is 0 Å². The maximum Gasteiger partial charge on any atom is 0.317 e. The van der Waals surface area contributed by atoms with E-state index in [-0.39, 0.29) is 24.0 Å². The van der Waals surface area contributed by atoms with Gasteiger partial charge >= 0.3 is 6.03 Å². The number of piperidine rings is 1. The first-order chi connectivity index (χ1) is 12.1. The van der Waals surface area contributed by atoms with Crippen LogP contribution in [0.25, 0.3) is 0 Å². The van der Waals surface area contributed by atoms with Crippen molar-refractivity contribution in [2.75, 3.05) is 26.7 Å². The van der Waals surface area contributed by atoms with Gasteiger partial charge in [-0.05, 0) is 31.7 Å². The summed E-state index contributed by atoms with van der Waals surface area (Å²) in [6, 6.07) is 8.13. The van der Waals surface area contributed by atoms with Crippen molar-refractivity contribution in [2.45, 2.75) is 44.7 Å². The van der Waals surface area contributed by atoms with Crippen LogP contribution in [0.15, 0.2) is 24.3 Å².